The number of amides is 1. The summed E-state index contributed by atoms with van der Waals surface area (Å²) in [7, 11) is 4.12. The first kappa shape index (κ1) is 23.0. The zero-order chi connectivity index (χ0) is 24.7. The number of alkyl halides is 3. The zero-order valence-electron chi connectivity index (χ0n) is 19.3. The number of aromatic nitrogens is 5. The van der Waals surface area contributed by atoms with Gasteiger partial charge >= 0.3 is 6.18 Å². The van der Waals surface area contributed by atoms with Crippen molar-refractivity contribution in [1.82, 2.24) is 35.0 Å². The predicted octanol–water partition coefficient (Wildman–Crippen LogP) is 4.00. The summed E-state index contributed by atoms with van der Waals surface area (Å²) in [5.74, 6) is -0.00324. The SMILES string of the molecule is CN(C)C1CCN(C(=O)c2ccc(-n3cc(-c4n[nH]c5ccc(C(F)(F)F)cc45)nn3)cc2)CC1. The molecule has 0 spiro atoms. The monoisotopic (exact) mass is 483 g/mol. The van der Waals surface area contributed by atoms with Gasteiger partial charge in [-0.05, 0) is 69.4 Å². The Bertz CT molecular complexity index is 1350. The second-order valence-electron chi connectivity index (χ2n) is 8.91. The van der Waals surface area contributed by atoms with Crippen molar-refractivity contribution in [2.45, 2.75) is 25.1 Å². The topological polar surface area (TPSA) is 82.9 Å². The van der Waals surface area contributed by atoms with Crippen LogP contribution in [0.2, 0.25) is 0 Å². The zero-order valence-corrected chi connectivity index (χ0v) is 19.3. The number of aromatic amines is 1. The average molecular weight is 483 g/mol. The van der Waals surface area contributed by atoms with E-state index in [0.29, 0.717) is 33.9 Å². The number of hydrogen-bond acceptors (Lipinski definition) is 5. The molecule has 1 amide bonds. The summed E-state index contributed by atoms with van der Waals surface area (Å²) < 4.78 is 40.9. The number of nitrogens with one attached hydrogen (secondary N) is 1. The van der Waals surface area contributed by atoms with Crippen molar-refractivity contribution in [3.05, 3.63) is 59.8 Å². The van der Waals surface area contributed by atoms with E-state index in [-0.39, 0.29) is 11.6 Å². The fraction of sp³-hybridized carbons (Fsp3) is 0.333. The van der Waals surface area contributed by atoms with Gasteiger partial charge in [-0.25, -0.2) is 4.68 Å². The molecule has 0 radical (unpaired) electrons. The molecular formula is C24H24F3N7O. The molecule has 0 unspecified atom stereocenters. The molecule has 182 valence electrons. The Hall–Kier alpha value is -3.73. The van der Waals surface area contributed by atoms with Crippen molar-refractivity contribution in [2.24, 2.45) is 0 Å². The van der Waals surface area contributed by atoms with Crippen molar-refractivity contribution in [3.63, 3.8) is 0 Å². The largest absolute Gasteiger partial charge is 0.416 e. The Kier molecular flexibility index (Phi) is 5.79. The quantitative estimate of drug-likeness (QED) is 0.475. The van der Waals surface area contributed by atoms with Crippen LogP contribution in [-0.4, -0.2) is 74.1 Å². The number of nitrogens with zero attached hydrogens (tertiary/aromatic N) is 6. The molecule has 5 rings (SSSR count). The van der Waals surface area contributed by atoms with E-state index >= 15 is 0 Å². The molecule has 0 atom stereocenters. The molecule has 1 N–H and O–H groups in total. The van der Waals surface area contributed by atoms with Crippen molar-refractivity contribution < 1.29 is 18.0 Å². The second-order valence-corrected chi connectivity index (χ2v) is 8.91. The maximum atomic E-state index is 13.1. The minimum absolute atomic E-state index is 0.00324. The van der Waals surface area contributed by atoms with Crippen LogP contribution in [0.1, 0.15) is 28.8 Å². The Morgan fingerprint density at radius 1 is 1.09 bits per heavy atom. The molecule has 11 heteroatoms. The molecule has 3 heterocycles. The molecule has 2 aromatic carbocycles. The van der Waals surface area contributed by atoms with Crippen LogP contribution in [0.25, 0.3) is 28.0 Å². The number of fused-ring (bicyclic) bond motifs is 1. The summed E-state index contributed by atoms with van der Waals surface area (Å²) in [6.07, 6.45) is -0.962. The van der Waals surface area contributed by atoms with Gasteiger partial charge in [-0.15, -0.1) is 5.10 Å². The normalized spacial score (nSPS) is 15.3. The van der Waals surface area contributed by atoms with Crippen molar-refractivity contribution in [1.29, 1.82) is 0 Å². The number of carbonyl (C=O) groups excluding carboxylic acids is 1. The van der Waals surface area contributed by atoms with Crippen molar-refractivity contribution in [3.8, 4) is 17.1 Å². The van der Waals surface area contributed by atoms with Crippen molar-refractivity contribution >= 4 is 16.8 Å². The van der Waals surface area contributed by atoms with E-state index < -0.39 is 11.7 Å². The first-order valence-electron chi connectivity index (χ1n) is 11.2. The minimum Gasteiger partial charge on any atom is -0.339 e. The summed E-state index contributed by atoms with van der Waals surface area (Å²) in [6.45, 7) is 1.45. The van der Waals surface area contributed by atoms with Crippen LogP contribution < -0.4 is 0 Å². The highest BCUT2D eigenvalue weighted by Crippen LogP contribution is 2.33. The molecule has 35 heavy (non-hydrogen) atoms. The number of likely N-dealkylation sites (tertiary alicyclic amines) is 1. The first-order valence-corrected chi connectivity index (χ1v) is 11.2. The van der Waals surface area contributed by atoms with E-state index in [1.807, 2.05) is 4.90 Å². The molecule has 4 aromatic rings. The van der Waals surface area contributed by atoms with Crippen LogP contribution in [0, 0.1) is 0 Å². The number of halogens is 3. The number of H-pyrrole nitrogens is 1. The van der Waals surface area contributed by atoms with Crippen LogP contribution in [-0.2, 0) is 6.18 Å². The lowest BCUT2D eigenvalue weighted by atomic mass is 10.0. The predicted molar refractivity (Wildman–Crippen MR) is 124 cm³/mol. The second kappa shape index (κ2) is 8.81. The summed E-state index contributed by atoms with van der Waals surface area (Å²) in [4.78, 5) is 17.0. The number of piperidine rings is 1. The van der Waals surface area contributed by atoms with Crippen LogP contribution in [0.3, 0.4) is 0 Å². The summed E-state index contributed by atoms with van der Waals surface area (Å²) in [6, 6.07) is 10.9. The van der Waals surface area contributed by atoms with E-state index in [1.54, 1.807) is 30.5 Å². The standard InChI is InChI=1S/C24H24F3N7O/c1-32(2)17-9-11-33(12-10-17)23(35)15-3-6-18(7-4-15)34-14-21(29-31-34)22-19-13-16(24(25,26)27)5-8-20(19)28-30-22/h3-8,13-14,17H,9-12H2,1-2H3,(H,28,30). The van der Waals surface area contributed by atoms with Gasteiger partial charge in [0.05, 0.1) is 23.0 Å². The van der Waals surface area contributed by atoms with Gasteiger partial charge in [0.2, 0.25) is 0 Å². The maximum Gasteiger partial charge on any atom is 0.416 e. The molecule has 2 aromatic heterocycles. The highest BCUT2D eigenvalue weighted by atomic mass is 19.4. The minimum atomic E-state index is -4.46. The van der Waals surface area contributed by atoms with E-state index in [4.69, 9.17) is 0 Å². The molecule has 1 saturated heterocycles. The third kappa shape index (κ3) is 4.51. The molecule has 8 nitrogen and oxygen atoms in total. The van der Waals surface area contributed by atoms with Gasteiger partial charge in [0.15, 0.2) is 0 Å². The molecule has 0 bridgehead atoms. The fourth-order valence-corrected chi connectivity index (χ4v) is 4.41. The molecule has 0 saturated carbocycles. The summed E-state index contributed by atoms with van der Waals surface area (Å²) in [5, 5.41) is 15.4. The average Bonchev–Trinajstić information content (AvgIpc) is 3.50. The lowest BCUT2D eigenvalue weighted by Crippen LogP contribution is -2.44. The number of hydrogen-bond donors (Lipinski definition) is 1. The van der Waals surface area contributed by atoms with Gasteiger partial charge < -0.3 is 9.80 Å². The van der Waals surface area contributed by atoms with Crippen LogP contribution in [0.15, 0.2) is 48.7 Å². The molecule has 1 aliphatic heterocycles. The highest BCUT2D eigenvalue weighted by molar-refractivity contribution is 5.94. The Morgan fingerprint density at radius 3 is 2.46 bits per heavy atom. The van der Waals surface area contributed by atoms with Gasteiger partial charge in [0.25, 0.3) is 5.91 Å². The summed E-state index contributed by atoms with van der Waals surface area (Å²) in [5.41, 5.74) is 1.59. The molecule has 1 aliphatic rings. The van der Waals surface area contributed by atoms with E-state index in [1.165, 1.54) is 10.7 Å². The van der Waals surface area contributed by atoms with E-state index in [0.717, 1.165) is 38.1 Å². The first-order chi connectivity index (χ1) is 16.7. The van der Waals surface area contributed by atoms with Crippen LogP contribution >= 0.6 is 0 Å². The maximum absolute atomic E-state index is 13.1. The van der Waals surface area contributed by atoms with Gasteiger partial charge in [0, 0.05) is 30.1 Å². The van der Waals surface area contributed by atoms with Gasteiger partial charge in [-0.3, -0.25) is 9.89 Å². The number of benzene rings is 2. The number of carbonyl (C=O) groups is 1. The van der Waals surface area contributed by atoms with Crippen LogP contribution in [0.4, 0.5) is 13.2 Å². The highest BCUT2D eigenvalue weighted by Gasteiger charge is 2.31. The molecule has 1 fully saturated rings. The summed E-state index contributed by atoms with van der Waals surface area (Å²) >= 11 is 0. The van der Waals surface area contributed by atoms with Crippen LogP contribution in [0.5, 0.6) is 0 Å². The van der Waals surface area contributed by atoms with Gasteiger partial charge in [-0.1, -0.05) is 5.21 Å². The van der Waals surface area contributed by atoms with E-state index in [2.05, 4.69) is 39.5 Å². The van der Waals surface area contributed by atoms with E-state index in [9.17, 15) is 18.0 Å². The molecule has 0 aliphatic carbocycles. The Labute approximate surface area is 199 Å². The lowest BCUT2D eigenvalue weighted by Gasteiger charge is -2.35. The van der Waals surface area contributed by atoms with Crippen molar-refractivity contribution in [2.75, 3.05) is 27.2 Å². The number of rotatable bonds is 4. The van der Waals surface area contributed by atoms with Gasteiger partial charge in [-0.2, -0.15) is 18.3 Å². The van der Waals surface area contributed by atoms with Gasteiger partial charge in [0.1, 0.15) is 11.4 Å². The Balaban J connectivity index is 1.34. The Morgan fingerprint density at radius 2 is 1.80 bits per heavy atom. The molecular weight excluding hydrogens is 459 g/mol. The smallest absolute Gasteiger partial charge is 0.339 e. The third-order valence-electron chi connectivity index (χ3n) is 6.49. The lowest BCUT2D eigenvalue weighted by molar-refractivity contribution is -0.137. The third-order valence-corrected chi connectivity index (χ3v) is 6.49. The fourth-order valence-electron chi connectivity index (χ4n) is 4.41.